The topological polar surface area (TPSA) is 80.4 Å². The summed E-state index contributed by atoms with van der Waals surface area (Å²) >= 11 is 6.09. The molecule has 0 saturated carbocycles. The molecule has 1 aromatic heterocycles. The first kappa shape index (κ1) is 18.8. The van der Waals surface area contributed by atoms with E-state index < -0.39 is 0 Å². The minimum atomic E-state index is -0.252. The standard InChI is InChI=1S/C20H19ClN2O4/c1-26-17-6-4-3-5-14(17)20(25)22-8-7-12-9-13-10-18(27-2)15(21)11-16(13)23-19(12)24/h3-6,9-11H,7-8H2,1-2H3,(H,22,25)(H,23,24). The van der Waals surface area contributed by atoms with Crippen LogP contribution >= 0.6 is 11.6 Å². The highest BCUT2D eigenvalue weighted by Crippen LogP contribution is 2.28. The number of halogens is 1. The summed E-state index contributed by atoms with van der Waals surface area (Å²) in [7, 11) is 3.05. The Morgan fingerprint density at radius 2 is 1.85 bits per heavy atom. The Hall–Kier alpha value is -2.99. The lowest BCUT2D eigenvalue weighted by Gasteiger charge is -2.10. The van der Waals surface area contributed by atoms with Crippen LogP contribution in [0.25, 0.3) is 10.9 Å². The van der Waals surface area contributed by atoms with E-state index in [4.69, 9.17) is 21.1 Å². The fraction of sp³-hybridized carbons (Fsp3) is 0.200. The Kier molecular flexibility index (Phi) is 5.66. The number of nitrogens with one attached hydrogen (secondary N) is 2. The molecule has 6 nitrogen and oxygen atoms in total. The number of aromatic nitrogens is 1. The smallest absolute Gasteiger partial charge is 0.255 e. The second-order valence-corrected chi connectivity index (χ2v) is 6.31. The zero-order chi connectivity index (χ0) is 19.4. The summed E-state index contributed by atoms with van der Waals surface area (Å²) < 4.78 is 10.4. The summed E-state index contributed by atoms with van der Waals surface area (Å²) in [6.07, 6.45) is 0.386. The van der Waals surface area contributed by atoms with Gasteiger partial charge in [-0.15, -0.1) is 0 Å². The monoisotopic (exact) mass is 386 g/mol. The number of amides is 1. The third kappa shape index (κ3) is 4.06. The van der Waals surface area contributed by atoms with E-state index in [0.717, 1.165) is 5.39 Å². The molecule has 0 fully saturated rings. The van der Waals surface area contributed by atoms with Crippen molar-refractivity contribution < 1.29 is 14.3 Å². The van der Waals surface area contributed by atoms with Crippen LogP contribution < -0.4 is 20.3 Å². The van der Waals surface area contributed by atoms with Crippen molar-refractivity contribution in [2.75, 3.05) is 20.8 Å². The second-order valence-electron chi connectivity index (χ2n) is 5.90. The molecule has 0 bridgehead atoms. The predicted molar refractivity (Wildman–Crippen MR) is 105 cm³/mol. The van der Waals surface area contributed by atoms with Gasteiger partial charge in [0.2, 0.25) is 0 Å². The lowest BCUT2D eigenvalue weighted by Crippen LogP contribution is -2.27. The number of hydrogen-bond donors (Lipinski definition) is 2. The van der Waals surface area contributed by atoms with E-state index in [1.165, 1.54) is 14.2 Å². The van der Waals surface area contributed by atoms with E-state index in [1.54, 1.807) is 42.5 Å². The Bertz CT molecular complexity index is 1050. The van der Waals surface area contributed by atoms with E-state index in [2.05, 4.69) is 10.3 Å². The van der Waals surface area contributed by atoms with E-state index in [0.29, 0.717) is 46.1 Å². The van der Waals surface area contributed by atoms with Gasteiger partial charge in [-0.3, -0.25) is 9.59 Å². The molecule has 140 valence electrons. The number of para-hydroxylation sites is 1. The van der Waals surface area contributed by atoms with Crippen molar-refractivity contribution in [3.8, 4) is 11.5 Å². The normalized spacial score (nSPS) is 10.6. The quantitative estimate of drug-likeness (QED) is 0.681. The molecule has 0 saturated heterocycles. The number of carbonyl (C=O) groups is 1. The van der Waals surface area contributed by atoms with Gasteiger partial charge in [-0.05, 0) is 36.8 Å². The zero-order valence-corrected chi connectivity index (χ0v) is 15.7. The fourth-order valence-corrected chi connectivity index (χ4v) is 3.07. The zero-order valence-electron chi connectivity index (χ0n) is 15.0. The molecule has 0 unspecified atom stereocenters. The maximum absolute atomic E-state index is 12.3. The van der Waals surface area contributed by atoms with Gasteiger partial charge >= 0.3 is 0 Å². The molecule has 2 N–H and O–H groups in total. The number of hydrogen-bond acceptors (Lipinski definition) is 4. The van der Waals surface area contributed by atoms with Crippen molar-refractivity contribution in [1.29, 1.82) is 0 Å². The van der Waals surface area contributed by atoms with Gasteiger partial charge in [0.15, 0.2) is 0 Å². The molecule has 0 aliphatic heterocycles. The van der Waals surface area contributed by atoms with Crippen molar-refractivity contribution in [3.63, 3.8) is 0 Å². The van der Waals surface area contributed by atoms with Crippen LogP contribution in [0.4, 0.5) is 0 Å². The molecule has 7 heteroatoms. The van der Waals surface area contributed by atoms with E-state index in [-0.39, 0.29) is 11.5 Å². The number of aromatic amines is 1. The molecule has 27 heavy (non-hydrogen) atoms. The van der Waals surface area contributed by atoms with Crippen LogP contribution in [0.5, 0.6) is 11.5 Å². The first-order valence-electron chi connectivity index (χ1n) is 8.34. The minimum Gasteiger partial charge on any atom is -0.496 e. The van der Waals surface area contributed by atoms with Crippen LogP contribution in [0.2, 0.25) is 5.02 Å². The van der Waals surface area contributed by atoms with Crippen LogP contribution in [-0.2, 0) is 6.42 Å². The molecular formula is C20H19ClN2O4. The van der Waals surface area contributed by atoms with E-state index >= 15 is 0 Å². The van der Waals surface area contributed by atoms with Crippen LogP contribution in [0.15, 0.2) is 47.3 Å². The van der Waals surface area contributed by atoms with E-state index in [1.807, 2.05) is 0 Å². The van der Waals surface area contributed by atoms with Crippen LogP contribution in [0.3, 0.4) is 0 Å². The molecular weight excluding hydrogens is 368 g/mol. The molecule has 0 aliphatic rings. The molecule has 0 radical (unpaired) electrons. The van der Waals surface area contributed by atoms with Gasteiger partial charge in [0.05, 0.1) is 30.3 Å². The van der Waals surface area contributed by atoms with Gasteiger partial charge in [0.25, 0.3) is 11.5 Å². The summed E-state index contributed by atoms with van der Waals surface area (Å²) in [5.41, 5.74) is 1.43. The minimum absolute atomic E-state index is 0.213. The predicted octanol–water partition coefficient (Wildman–Crippen LogP) is 3.17. The maximum Gasteiger partial charge on any atom is 0.255 e. The summed E-state index contributed by atoms with van der Waals surface area (Å²) in [6, 6.07) is 12.2. The number of rotatable bonds is 6. The molecule has 2 aromatic carbocycles. The van der Waals surface area contributed by atoms with Gasteiger partial charge in [-0.25, -0.2) is 0 Å². The highest BCUT2D eigenvalue weighted by molar-refractivity contribution is 6.32. The second kappa shape index (κ2) is 8.14. The van der Waals surface area contributed by atoms with Crippen molar-refractivity contribution in [1.82, 2.24) is 10.3 Å². The van der Waals surface area contributed by atoms with Crippen LogP contribution in [-0.4, -0.2) is 31.7 Å². The first-order chi connectivity index (χ1) is 13.0. The number of carbonyl (C=O) groups excluding carboxylic acids is 1. The average Bonchev–Trinajstić information content (AvgIpc) is 2.68. The van der Waals surface area contributed by atoms with Gasteiger partial charge in [-0.1, -0.05) is 23.7 Å². The Morgan fingerprint density at radius 1 is 1.11 bits per heavy atom. The lowest BCUT2D eigenvalue weighted by atomic mass is 10.1. The molecule has 0 spiro atoms. The Labute approximate surface area is 161 Å². The number of fused-ring (bicyclic) bond motifs is 1. The summed E-state index contributed by atoms with van der Waals surface area (Å²) in [5.74, 6) is 0.785. The lowest BCUT2D eigenvalue weighted by molar-refractivity contribution is 0.0951. The number of H-pyrrole nitrogens is 1. The highest BCUT2D eigenvalue weighted by Gasteiger charge is 2.12. The number of ether oxygens (including phenoxy) is 2. The van der Waals surface area contributed by atoms with Crippen LogP contribution in [0.1, 0.15) is 15.9 Å². The number of pyridine rings is 1. The van der Waals surface area contributed by atoms with Gasteiger partial charge < -0.3 is 19.8 Å². The summed E-state index contributed by atoms with van der Waals surface area (Å²) in [5, 5.41) is 4.05. The largest absolute Gasteiger partial charge is 0.496 e. The Morgan fingerprint density at radius 3 is 2.59 bits per heavy atom. The molecule has 3 rings (SSSR count). The molecule has 3 aromatic rings. The summed E-state index contributed by atoms with van der Waals surface area (Å²) in [6.45, 7) is 0.316. The fourth-order valence-electron chi connectivity index (χ4n) is 2.83. The van der Waals surface area contributed by atoms with Crippen molar-refractivity contribution in [3.05, 3.63) is 69.0 Å². The van der Waals surface area contributed by atoms with Gasteiger partial charge in [0, 0.05) is 17.5 Å². The number of methoxy groups -OCH3 is 2. The third-order valence-electron chi connectivity index (χ3n) is 4.23. The number of benzene rings is 2. The SMILES string of the molecule is COc1cc2cc(CCNC(=O)c3ccccc3OC)c(=O)[nH]c2cc1Cl. The van der Waals surface area contributed by atoms with Crippen LogP contribution in [0, 0.1) is 0 Å². The third-order valence-corrected chi connectivity index (χ3v) is 4.52. The summed E-state index contributed by atoms with van der Waals surface area (Å²) in [4.78, 5) is 27.4. The van der Waals surface area contributed by atoms with Crippen molar-refractivity contribution >= 4 is 28.4 Å². The average molecular weight is 387 g/mol. The molecule has 1 heterocycles. The molecule has 1 amide bonds. The first-order valence-corrected chi connectivity index (χ1v) is 8.72. The highest BCUT2D eigenvalue weighted by atomic mass is 35.5. The van der Waals surface area contributed by atoms with Crippen molar-refractivity contribution in [2.45, 2.75) is 6.42 Å². The Balaban J connectivity index is 1.75. The van der Waals surface area contributed by atoms with Gasteiger partial charge in [0.1, 0.15) is 11.5 Å². The van der Waals surface area contributed by atoms with Gasteiger partial charge in [-0.2, -0.15) is 0 Å². The molecule has 0 atom stereocenters. The van der Waals surface area contributed by atoms with E-state index in [9.17, 15) is 9.59 Å². The molecule has 0 aliphatic carbocycles. The van der Waals surface area contributed by atoms with Crippen molar-refractivity contribution in [2.24, 2.45) is 0 Å². The maximum atomic E-state index is 12.3.